The first-order valence-electron chi connectivity index (χ1n) is 5.31. The lowest BCUT2D eigenvalue weighted by Gasteiger charge is -2.01. The van der Waals surface area contributed by atoms with Crippen molar-refractivity contribution >= 4 is 0 Å². The molecule has 1 aromatic carbocycles. The van der Waals surface area contributed by atoms with Crippen molar-refractivity contribution in [3.05, 3.63) is 58.8 Å². The highest BCUT2D eigenvalue weighted by atomic mass is 16.1. The molecule has 2 N–H and O–H groups in total. The normalized spacial score (nSPS) is 10.6. The van der Waals surface area contributed by atoms with Crippen molar-refractivity contribution in [3.63, 3.8) is 0 Å². The number of benzene rings is 1. The molecule has 0 saturated carbocycles. The molecule has 0 radical (unpaired) electrons. The number of hydrogen-bond acceptors (Lipinski definition) is 2. The molecular formula is C12H15N3O. The van der Waals surface area contributed by atoms with Gasteiger partial charge < -0.3 is 5.73 Å². The van der Waals surface area contributed by atoms with Gasteiger partial charge >= 0.3 is 5.69 Å². The molecule has 0 aliphatic carbocycles. The highest BCUT2D eigenvalue weighted by Crippen LogP contribution is 2.00. The summed E-state index contributed by atoms with van der Waals surface area (Å²) in [6, 6.07) is 9.92. The van der Waals surface area contributed by atoms with Gasteiger partial charge in [0.05, 0.1) is 6.54 Å². The zero-order valence-corrected chi connectivity index (χ0v) is 9.04. The molecule has 0 amide bonds. The van der Waals surface area contributed by atoms with E-state index in [1.54, 1.807) is 21.5 Å². The molecule has 0 unspecified atom stereocenters. The highest BCUT2D eigenvalue weighted by Gasteiger charge is 2.02. The number of aromatic nitrogens is 2. The number of nitrogens with zero attached hydrogens (tertiary/aromatic N) is 2. The zero-order chi connectivity index (χ0) is 11.4. The molecule has 0 bridgehead atoms. The van der Waals surface area contributed by atoms with E-state index in [0.29, 0.717) is 19.6 Å². The lowest BCUT2D eigenvalue weighted by molar-refractivity contribution is 0.642. The van der Waals surface area contributed by atoms with Gasteiger partial charge in [0.15, 0.2) is 0 Å². The van der Waals surface area contributed by atoms with Crippen molar-refractivity contribution < 1.29 is 0 Å². The van der Waals surface area contributed by atoms with E-state index in [0.717, 1.165) is 5.56 Å². The predicted octanol–water partition coefficient (Wildman–Crippen LogP) is 0.657. The molecule has 2 aromatic rings. The monoisotopic (exact) mass is 217 g/mol. The summed E-state index contributed by atoms with van der Waals surface area (Å²) in [6.07, 6.45) is 3.57. The lowest BCUT2D eigenvalue weighted by atomic mass is 10.2. The van der Waals surface area contributed by atoms with Crippen LogP contribution in [0.3, 0.4) is 0 Å². The van der Waals surface area contributed by atoms with Gasteiger partial charge in [-0.2, -0.15) is 0 Å². The maximum absolute atomic E-state index is 11.8. The maximum Gasteiger partial charge on any atom is 0.328 e. The minimum Gasteiger partial charge on any atom is -0.329 e. The molecule has 0 aliphatic rings. The first kappa shape index (κ1) is 10.7. The Morgan fingerprint density at radius 1 is 1.06 bits per heavy atom. The van der Waals surface area contributed by atoms with Crippen LogP contribution in [-0.4, -0.2) is 15.7 Å². The molecule has 84 valence electrons. The van der Waals surface area contributed by atoms with E-state index >= 15 is 0 Å². The summed E-state index contributed by atoms with van der Waals surface area (Å²) >= 11 is 0. The van der Waals surface area contributed by atoms with Gasteiger partial charge in [0, 0.05) is 25.5 Å². The summed E-state index contributed by atoms with van der Waals surface area (Å²) in [7, 11) is 0. The Kier molecular flexibility index (Phi) is 3.22. The van der Waals surface area contributed by atoms with Crippen molar-refractivity contribution in [1.29, 1.82) is 0 Å². The van der Waals surface area contributed by atoms with Crippen molar-refractivity contribution in [2.45, 2.75) is 13.1 Å². The van der Waals surface area contributed by atoms with Crippen LogP contribution in [0.4, 0.5) is 0 Å². The van der Waals surface area contributed by atoms with Gasteiger partial charge in [-0.05, 0) is 5.56 Å². The Morgan fingerprint density at radius 2 is 1.75 bits per heavy atom. The Hall–Kier alpha value is -1.81. The first-order chi connectivity index (χ1) is 7.81. The maximum atomic E-state index is 11.8. The second-order valence-corrected chi connectivity index (χ2v) is 3.68. The first-order valence-corrected chi connectivity index (χ1v) is 5.31. The summed E-state index contributed by atoms with van der Waals surface area (Å²) in [5.74, 6) is 0. The van der Waals surface area contributed by atoms with E-state index in [4.69, 9.17) is 5.73 Å². The number of nitrogens with two attached hydrogens (primary N) is 1. The molecule has 0 saturated heterocycles. The van der Waals surface area contributed by atoms with E-state index in [-0.39, 0.29) is 5.69 Å². The molecule has 16 heavy (non-hydrogen) atoms. The van der Waals surface area contributed by atoms with Gasteiger partial charge in [-0.15, -0.1) is 0 Å². The molecule has 2 rings (SSSR count). The van der Waals surface area contributed by atoms with Crippen LogP contribution in [-0.2, 0) is 13.1 Å². The fourth-order valence-electron chi connectivity index (χ4n) is 1.66. The van der Waals surface area contributed by atoms with Crippen LogP contribution in [0.25, 0.3) is 0 Å². The van der Waals surface area contributed by atoms with Crippen LogP contribution in [0.5, 0.6) is 0 Å². The molecule has 4 heteroatoms. The predicted molar refractivity (Wildman–Crippen MR) is 63.3 cm³/mol. The largest absolute Gasteiger partial charge is 0.329 e. The van der Waals surface area contributed by atoms with Gasteiger partial charge in [0.2, 0.25) is 0 Å². The van der Waals surface area contributed by atoms with Crippen LogP contribution in [0.1, 0.15) is 5.56 Å². The van der Waals surface area contributed by atoms with Crippen LogP contribution in [0.2, 0.25) is 0 Å². The van der Waals surface area contributed by atoms with E-state index in [1.165, 1.54) is 0 Å². The van der Waals surface area contributed by atoms with Gasteiger partial charge in [0.1, 0.15) is 0 Å². The van der Waals surface area contributed by atoms with E-state index in [1.807, 2.05) is 30.3 Å². The van der Waals surface area contributed by atoms with E-state index in [9.17, 15) is 4.79 Å². The lowest BCUT2D eigenvalue weighted by Crippen LogP contribution is -2.26. The summed E-state index contributed by atoms with van der Waals surface area (Å²) in [5, 5.41) is 0. The zero-order valence-electron chi connectivity index (χ0n) is 9.04. The second-order valence-electron chi connectivity index (χ2n) is 3.68. The molecule has 1 heterocycles. The van der Waals surface area contributed by atoms with Crippen molar-refractivity contribution in [1.82, 2.24) is 9.13 Å². The van der Waals surface area contributed by atoms with Crippen molar-refractivity contribution in [2.75, 3.05) is 6.54 Å². The quantitative estimate of drug-likeness (QED) is 0.817. The second kappa shape index (κ2) is 4.81. The van der Waals surface area contributed by atoms with Crippen LogP contribution in [0.15, 0.2) is 47.5 Å². The topological polar surface area (TPSA) is 52.9 Å². The van der Waals surface area contributed by atoms with Crippen LogP contribution in [0, 0.1) is 0 Å². The number of hydrogen-bond donors (Lipinski definition) is 1. The van der Waals surface area contributed by atoms with E-state index in [2.05, 4.69) is 0 Å². The third-order valence-corrected chi connectivity index (χ3v) is 2.48. The minimum atomic E-state index is -0.00527. The smallest absolute Gasteiger partial charge is 0.328 e. The molecule has 0 spiro atoms. The minimum absolute atomic E-state index is 0.00527. The van der Waals surface area contributed by atoms with E-state index < -0.39 is 0 Å². The molecule has 1 aromatic heterocycles. The van der Waals surface area contributed by atoms with Gasteiger partial charge in [-0.25, -0.2) is 4.79 Å². The summed E-state index contributed by atoms with van der Waals surface area (Å²) < 4.78 is 3.31. The van der Waals surface area contributed by atoms with Crippen molar-refractivity contribution in [2.24, 2.45) is 5.73 Å². The Morgan fingerprint density at radius 3 is 2.44 bits per heavy atom. The molecule has 0 aliphatic heterocycles. The average Bonchev–Trinajstić information content (AvgIpc) is 2.64. The van der Waals surface area contributed by atoms with Crippen LogP contribution < -0.4 is 11.4 Å². The Labute approximate surface area is 93.9 Å². The van der Waals surface area contributed by atoms with Gasteiger partial charge in [0.25, 0.3) is 0 Å². The fraction of sp³-hybridized carbons (Fsp3) is 0.250. The Bertz CT molecular complexity index is 498. The summed E-state index contributed by atoms with van der Waals surface area (Å²) in [5.41, 5.74) is 6.54. The number of rotatable bonds is 4. The summed E-state index contributed by atoms with van der Waals surface area (Å²) in [4.78, 5) is 11.8. The molecule has 0 atom stereocenters. The van der Waals surface area contributed by atoms with Gasteiger partial charge in [-0.3, -0.25) is 9.13 Å². The average molecular weight is 217 g/mol. The van der Waals surface area contributed by atoms with Crippen LogP contribution >= 0.6 is 0 Å². The van der Waals surface area contributed by atoms with Crippen molar-refractivity contribution in [3.8, 4) is 0 Å². The fourth-order valence-corrected chi connectivity index (χ4v) is 1.66. The highest BCUT2D eigenvalue weighted by molar-refractivity contribution is 5.15. The van der Waals surface area contributed by atoms with Gasteiger partial charge in [-0.1, -0.05) is 30.3 Å². The SMILES string of the molecule is NCCn1ccn(Cc2ccccc2)c1=O. The summed E-state index contributed by atoms with van der Waals surface area (Å²) in [6.45, 7) is 1.66. The Balaban J connectivity index is 2.20. The molecule has 0 fully saturated rings. The molecule has 4 nitrogen and oxygen atoms in total. The third-order valence-electron chi connectivity index (χ3n) is 2.48. The standard InChI is InChI=1S/C12H15N3O/c13-6-7-14-8-9-15(12(14)16)10-11-4-2-1-3-5-11/h1-5,8-9H,6-7,10,13H2. The third kappa shape index (κ3) is 2.23. The number of imidazole rings is 1. The molecular weight excluding hydrogens is 202 g/mol.